The maximum absolute atomic E-state index is 13.3. The number of nitrogens with two attached hydrogens (primary N) is 1. The summed E-state index contributed by atoms with van der Waals surface area (Å²) in [5.74, 6) is 0.174. The van der Waals surface area contributed by atoms with Crippen molar-refractivity contribution in [2.24, 2.45) is 7.05 Å². The predicted octanol–water partition coefficient (Wildman–Crippen LogP) is 5.26. The molecule has 5 aromatic rings. The molecule has 3 aromatic heterocycles. The second kappa shape index (κ2) is 7.90. The molecule has 0 atom stereocenters. The Morgan fingerprint density at radius 2 is 1.84 bits per heavy atom. The summed E-state index contributed by atoms with van der Waals surface area (Å²) in [6.45, 7) is 0. The van der Waals surface area contributed by atoms with E-state index in [1.165, 1.54) is 24.3 Å². The molecular weight excluding hydrogens is 431 g/mol. The number of rotatable bonds is 4. The van der Waals surface area contributed by atoms with Crippen molar-refractivity contribution in [1.82, 2.24) is 24.7 Å². The summed E-state index contributed by atoms with van der Waals surface area (Å²) in [4.78, 5) is 13.5. The van der Waals surface area contributed by atoms with E-state index in [9.17, 15) is 4.39 Å². The zero-order valence-corrected chi connectivity index (χ0v) is 17.6. The summed E-state index contributed by atoms with van der Waals surface area (Å²) in [6.07, 6.45) is 3.49. The lowest BCUT2D eigenvalue weighted by molar-refractivity contribution is 0.462. The topological polar surface area (TPSA) is 91.7 Å². The van der Waals surface area contributed by atoms with Crippen LogP contribution in [-0.2, 0) is 7.05 Å². The molecule has 32 heavy (non-hydrogen) atoms. The van der Waals surface area contributed by atoms with Gasteiger partial charge >= 0.3 is 0 Å². The third kappa shape index (κ3) is 3.72. The highest BCUT2D eigenvalue weighted by atomic mass is 35.5. The fraction of sp³-hybridized carbons (Fsp3) is 0.0435. The number of hydrogen-bond acceptors (Lipinski definition) is 6. The van der Waals surface area contributed by atoms with Crippen molar-refractivity contribution >= 4 is 28.3 Å². The number of pyridine rings is 1. The first-order chi connectivity index (χ1) is 15.5. The lowest BCUT2D eigenvalue weighted by Gasteiger charge is -2.13. The minimum absolute atomic E-state index is 0.0762. The summed E-state index contributed by atoms with van der Waals surface area (Å²) >= 11 is 6.51. The molecule has 0 bridgehead atoms. The van der Waals surface area contributed by atoms with E-state index in [0.717, 1.165) is 5.39 Å². The molecule has 9 heteroatoms. The van der Waals surface area contributed by atoms with Gasteiger partial charge < -0.3 is 10.5 Å². The second-order valence-corrected chi connectivity index (χ2v) is 7.48. The van der Waals surface area contributed by atoms with E-state index >= 15 is 0 Å². The van der Waals surface area contributed by atoms with Gasteiger partial charge in [-0.05, 0) is 48.5 Å². The Hall–Kier alpha value is -4.04. The van der Waals surface area contributed by atoms with Crippen LogP contribution in [0.4, 0.5) is 10.2 Å². The van der Waals surface area contributed by atoms with Gasteiger partial charge in [-0.1, -0.05) is 17.7 Å². The molecule has 0 amide bonds. The van der Waals surface area contributed by atoms with Crippen LogP contribution in [0.15, 0.2) is 67.0 Å². The first-order valence-corrected chi connectivity index (χ1v) is 10.0. The maximum Gasteiger partial charge on any atom is 0.263 e. The Morgan fingerprint density at radius 1 is 1.03 bits per heavy atom. The minimum atomic E-state index is -0.373. The van der Waals surface area contributed by atoms with Gasteiger partial charge in [0.05, 0.1) is 10.5 Å². The molecule has 0 spiro atoms. The number of nitrogens with zero attached hydrogens (tertiary/aromatic N) is 5. The largest absolute Gasteiger partial charge is 0.436 e. The van der Waals surface area contributed by atoms with E-state index in [2.05, 4.69) is 20.1 Å². The number of anilines is 1. The Bertz CT molecular complexity index is 1450. The molecule has 0 saturated heterocycles. The monoisotopic (exact) mass is 446 g/mol. The smallest absolute Gasteiger partial charge is 0.263 e. The van der Waals surface area contributed by atoms with Crippen molar-refractivity contribution in [2.45, 2.75) is 0 Å². The number of nitrogen functional groups attached to an aromatic ring is 1. The van der Waals surface area contributed by atoms with Gasteiger partial charge in [-0.25, -0.2) is 14.4 Å². The van der Waals surface area contributed by atoms with E-state index in [4.69, 9.17) is 22.1 Å². The molecule has 0 aliphatic heterocycles. The lowest BCUT2D eigenvalue weighted by atomic mass is 10.0. The van der Waals surface area contributed by atoms with Crippen LogP contribution in [0.1, 0.15) is 0 Å². The van der Waals surface area contributed by atoms with Crippen molar-refractivity contribution in [3.63, 3.8) is 0 Å². The summed E-state index contributed by atoms with van der Waals surface area (Å²) in [5, 5.41) is 5.77. The number of aromatic nitrogens is 5. The Kier molecular flexibility index (Phi) is 4.91. The number of ether oxygens (including phenoxy) is 1. The molecule has 2 N–H and O–H groups in total. The van der Waals surface area contributed by atoms with Gasteiger partial charge in [-0.2, -0.15) is 5.10 Å². The van der Waals surface area contributed by atoms with Gasteiger partial charge in [-0.3, -0.25) is 9.67 Å². The highest BCUT2D eigenvalue weighted by Crippen LogP contribution is 2.36. The van der Waals surface area contributed by atoms with Crippen molar-refractivity contribution in [3.05, 3.63) is 77.8 Å². The summed E-state index contributed by atoms with van der Waals surface area (Å²) in [6, 6.07) is 14.8. The standard InChI is InChI=1S/C23H16ClFN6O/c1-31-10-8-18(30-31)21-20(14-11-13-3-2-9-27-19(13)17(24)12-14)29-23(22(26)28-21)32-16-6-4-15(25)5-7-16/h2-12H,1H3,(H2,26,28). The molecule has 0 aliphatic rings. The highest BCUT2D eigenvalue weighted by molar-refractivity contribution is 6.35. The minimum Gasteiger partial charge on any atom is -0.436 e. The van der Waals surface area contributed by atoms with Gasteiger partial charge in [-0.15, -0.1) is 0 Å². The van der Waals surface area contributed by atoms with Gasteiger partial charge in [0.15, 0.2) is 5.82 Å². The molecule has 0 saturated carbocycles. The number of hydrogen-bond donors (Lipinski definition) is 1. The van der Waals surface area contributed by atoms with Gasteiger partial charge in [0, 0.05) is 30.4 Å². The molecule has 0 radical (unpaired) electrons. The average molecular weight is 447 g/mol. The van der Waals surface area contributed by atoms with Crippen LogP contribution in [0.2, 0.25) is 5.02 Å². The number of benzene rings is 2. The predicted molar refractivity (Wildman–Crippen MR) is 121 cm³/mol. The van der Waals surface area contributed by atoms with E-state index in [1.807, 2.05) is 31.3 Å². The van der Waals surface area contributed by atoms with Crippen LogP contribution < -0.4 is 10.5 Å². The van der Waals surface area contributed by atoms with Gasteiger partial charge in [0.2, 0.25) is 0 Å². The highest BCUT2D eigenvalue weighted by Gasteiger charge is 2.20. The normalized spacial score (nSPS) is 11.1. The third-order valence-corrected chi connectivity index (χ3v) is 5.09. The molecular formula is C23H16ClFN6O. The fourth-order valence-electron chi connectivity index (χ4n) is 3.33. The number of fused-ring (bicyclic) bond motifs is 1. The van der Waals surface area contributed by atoms with Crippen LogP contribution in [0.3, 0.4) is 0 Å². The zero-order chi connectivity index (χ0) is 22.2. The van der Waals surface area contributed by atoms with Crippen molar-refractivity contribution in [1.29, 1.82) is 0 Å². The van der Waals surface area contributed by atoms with Crippen molar-refractivity contribution in [2.75, 3.05) is 5.73 Å². The molecule has 3 heterocycles. The zero-order valence-electron chi connectivity index (χ0n) is 16.8. The number of aryl methyl sites for hydroxylation is 1. The SMILES string of the molecule is Cn1ccc(-c2nc(N)c(Oc3ccc(F)cc3)nc2-c2cc(Cl)c3ncccc3c2)n1. The van der Waals surface area contributed by atoms with E-state index in [-0.39, 0.29) is 17.5 Å². The van der Waals surface area contributed by atoms with Crippen molar-refractivity contribution in [3.8, 4) is 34.3 Å². The molecule has 0 fully saturated rings. The molecule has 2 aromatic carbocycles. The van der Waals surface area contributed by atoms with Crippen LogP contribution in [-0.4, -0.2) is 24.7 Å². The van der Waals surface area contributed by atoms with Crippen LogP contribution in [0, 0.1) is 5.82 Å². The molecule has 0 unspecified atom stereocenters. The van der Waals surface area contributed by atoms with Crippen LogP contribution in [0.25, 0.3) is 33.5 Å². The quantitative estimate of drug-likeness (QED) is 0.405. The maximum atomic E-state index is 13.3. The first kappa shape index (κ1) is 19.9. The first-order valence-electron chi connectivity index (χ1n) is 9.63. The van der Waals surface area contributed by atoms with Crippen LogP contribution in [0.5, 0.6) is 11.6 Å². The fourth-order valence-corrected chi connectivity index (χ4v) is 3.60. The number of halogens is 2. The van der Waals surface area contributed by atoms with E-state index < -0.39 is 0 Å². The van der Waals surface area contributed by atoms with Crippen LogP contribution >= 0.6 is 11.6 Å². The lowest BCUT2D eigenvalue weighted by Crippen LogP contribution is -2.04. The van der Waals surface area contributed by atoms with Gasteiger partial charge in [0.25, 0.3) is 5.88 Å². The Balaban J connectivity index is 1.70. The Morgan fingerprint density at radius 3 is 2.59 bits per heavy atom. The third-order valence-electron chi connectivity index (χ3n) is 4.81. The van der Waals surface area contributed by atoms with Gasteiger partial charge in [0.1, 0.15) is 28.6 Å². The second-order valence-electron chi connectivity index (χ2n) is 7.08. The molecule has 5 rings (SSSR count). The Labute approximate surface area is 187 Å². The van der Waals surface area contributed by atoms with Crippen molar-refractivity contribution < 1.29 is 9.13 Å². The van der Waals surface area contributed by atoms with E-state index in [1.54, 1.807) is 23.1 Å². The summed E-state index contributed by atoms with van der Waals surface area (Å²) < 4.78 is 20.7. The average Bonchev–Trinajstić information content (AvgIpc) is 3.22. The molecule has 0 aliphatic carbocycles. The molecule has 7 nitrogen and oxygen atoms in total. The van der Waals surface area contributed by atoms with E-state index in [0.29, 0.717) is 38.9 Å². The summed E-state index contributed by atoms with van der Waals surface area (Å²) in [5.41, 5.74) is 9.12. The summed E-state index contributed by atoms with van der Waals surface area (Å²) in [7, 11) is 1.81. The molecule has 158 valence electrons.